The van der Waals surface area contributed by atoms with Crippen molar-refractivity contribution in [2.45, 2.75) is 13.8 Å². The summed E-state index contributed by atoms with van der Waals surface area (Å²) >= 11 is 0. The lowest BCUT2D eigenvalue weighted by Crippen LogP contribution is -2.13. The average molecular weight is 247 g/mol. The lowest BCUT2D eigenvalue weighted by atomic mass is 10.3. The molecule has 6 nitrogen and oxygen atoms in total. The normalized spacial score (nSPS) is 10.1. The van der Waals surface area contributed by atoms with Crippen LogP contribution < -0.4 is 10.1 Å². The minimum atomic E-state index is -0.456. The second-order valence-electron chi connectivity index (χ2n) is 3.51. The fourth-order valence-electron chi connectivity index (χ4n) is 1.42. The summed E-state index contributed by atoms with van der Waals surface area (Å²) in [5.74, 6) is 0.421. The van der Waals surface area contributed by atoms with E-state index < -0.39 is 5.91 Å². The van der Waals surface area contributed by atoms with Crippen molar-refractivity contribution in [3.8, 4) is 5.75 Å². The van der Waals surface area contributed by atoms with Gasteiger partial charge >= 0.3 is 11.8 Å². The molecule has 94 valence electrons. The molecule has 0 bridgehead atoms. The van der Waals surface area contributed by atoms with Crippen LogP contribution in [0.25, 0.3) is 0 Å². The molecule has 1 amide bonds. The third kappa shape index (κ3) is 2.65. The Bertz CT molecular complexity index is 551. The summed E-state index contributed by atoms with van der Waals surface area (Å²) in [6.45, 7) is 4.02. The number of nitrogens with zero attached hydrogens (tertiary/aromatic N) is 2. The van der Waals surface area contributed by atoms with E-state index in [2.05, 4.69) is 15.5 Å². The van der Waals surface area contributed by atoms with E-state index in [1.165, 1.54) is 0 Å². The number of aryl methyl sites for hydroxylation is 1. The van der Waals surface area contributed by atoms with Crippen LogP contribution in [0.4, 0.5) is 5.69 Å². The molecule has 1 heterocycles. The smallest absolute Gasteiger partial charge is 0.313 e. The van der Waals surface area contributed by atoms with Crippen molar-refractivity contribution in [3.05, 3.63) is 36.0 Å². The van der Waals surface area contributed by atoms with Gasteiger partial charge in [-0.15, -0.1) is 10.2 Å². The van der Waals surface area contributed by atoms with E-state index >= 15 is 0 Å². The van der Waals surface area contributed by atoms with E-state index in [9.17, 15) is 4.79 Å². The predicted octanol–water partition coefficient (Wildman–Crippen LogP) is 2.03. The molecule has 0 saturated carbocycles. The Hall–Kier alpha value is -2.37. The molecule has 2 aromatic rings. The molecular weight excluding hydrogens is 234 g/mol. The van der Waals surface area contributed by atoms with Gasteiger partial charge < -0.3 is 14.5 Å². The zero-order valence-electron chi connectivity index (χ0n) is 10.1. The first kappa shape index (κ1) is 12.1. The Morgan fingerprint density at radius 3 is 2.83 bits per heavy atom. The van der Waals surface area contributed by atoms with Crippen LogP contribution in [0.2, 0.25) is 0 Å². The van der Waals surface area contributed by atoms with Gasteiger partial charge in [-0.05, 0) is 19.1 Å². The molecule has 1 aromatic carbocycles. The lowest BCUT2D eigenvalue weighted by Gasteiger charge is -2.09. The summed E-state index contributed by atoms with van der Waals surface area (Å²) in [5, 5.41) is 9.91. The number of hydrogen-bond donors (Lipinski definition) is 1. The first-order valence-corrected chi connectivity index (χ1v) is 5.54. The number of ether oxygens (including phenoxy) is 1. The molecule has 0 saturated heterocycles. The molecule has 0 radical (unpaired) electrons. The molecule has 0 aliphatic heterocycles. The molecule has 0 atom stereocenters. The molecule has 0 aliphatic carbocycles. The molecule has 1 N–H and O–H groups in total. The molecule has 2 rings (SSSR count). The van der Waals surface area contributed by atoms with Crippen molar-refractivity contribution in [1.29, 1.82) is 0 Å². The molecule has 0 unspecified atom stereocenters. The molecule has 18 heavy (non-hydrogen) atoms. The largest absolute Gasteiger partial charge is 0.492 e. The van der Waals surface area contributed by atoms with Crippen LogP contribution in [0.3, 0.4) is 0 Å². The van der Waals surface area contributed by atoms with Crippen molar-refractivity contribution in [1.82, 2.24) is 10.2 Å². The lowest BCUT2D eigenvalue weighted by molar-refractivity contribution is 0.0988. The minimum absolute atomic E-state index is 0.0706. The Kier molecular flexibility index (Phi) is 3.57. The van der Waals surface area contributed by atoms with Crippen LogP contribution in [0.15, 0.2) is 28.7 Å². The second-order valence-corrected chi connectivity index (χ2v) is 3.51. The van der Waals surface area contributed by atoms with E-state index in [1.807, 2.05) is 13.0 Å². The Morgan fingerprint density at radius 1 is 1.39 bits per heavy atom. The first-order chi connectivity index (χ1) is 8.70. The number of rotatable bonds is 4. The summed E-state index contributed by atoms with van der Waals surface area (Å²) < 4.78 is 10.4. The highest BCUT2D eigenvalue weighted by Crippen LogP contribution is 2.24. The second kappa shape index (κ2) is 5.31. The Balaban J connectivity index is 2.16. The maximum atomic E-state index is 11.8. The first-order valence-electron chi connectivity index (χ1n) is 5.54. The maximum Gasteiger partial charge on any atom is 0.313 e. The van der Waals surface area contributed by atoms with Gasteiger partial charge in [-0.2, -0.15) is 0 Å². The number of benzene rings is 1. The molecular formula is C12H13N3O3. The van der Waals surface area contributed by atoms with Gasteiger partial charge in [0, 0.05) is 6.92 Å². The number of carbonyl (C=O) groups excluding carboxylic acids is 1. The van der Waals surface area contributed by atoms with E-state index in [4.69, 9.17) is 9.15 Å². The number of carbonyl (C=O) groups is 1. The Morgan fingerprint density at radius 2 is 2.17 bits per heavy atom. The van der Waals surface area contributed by atoms with Gasteiger partial charge in [-0.1, -0.05) is 12.1 Å². The molecule has 0 aliphatic rings. The van der Waals surface area contributed by atoms with Crippen LogP contribution in [-0.4, -0.2) is 22.7 Å². The van der Waals surface area contributed by atoms with Gasteiger partial charge in [-0.3, -0.25) is 4.79 Å². The topological polar surface area (TPSA) is 77.2 Å². The van der Waals surface area contributed by atoms with Crippen LogP contribution in [0.5, 0.6) is 5.75 Å². The number of para-hydroxylation sites is 2. The van der Waals surface area contributed by atoms with Crippen LogP contribution in [0.1, 0.15) is 23.5 Å². The fraction of sp³-hybridized carbons (Fsp3) is 0.250. The van der Waals surface area contributed by atoms with Gasteiger partial charge in [0.25, 0.3) is 0 Å². The summed E-state index contributed by atoms with van der Waals surface area (Å²) in [5.41, 5.74) is 0.570. The SMILES string of the molecule is CCOc1ccccc1NC(=O)c1nnc(C)o1. The average Bonchev–Trinajstić information content (AvgIpc) is 2.79. The summed E-state index contributed by atoms with van der Waals surface area (Å²) in [4.78, 5) is 11.8. The highest BCUT2D eigenvalue weighted by molar-refractivity contribution is 6.01. The van der Waals surface area contributed by atoms with Gasteiger partial charge in [-0.25, -0.2) is 0 Å². The zero-order chi connectivity index (χ0) is 13.0. The zero-order valence-corrected chi connectivity index (χ0v) is 10.1. The Labute approximate surface area is 104 Å². The van der Waals surface area contributed by atoms with Crippen molar-refractivity contribution in [2.24, 2.45) is 0 Å². The number of anilines is 1. The monoisotopic (exact) mass is 247 g/mol. The predicted molar refractivity (Wildman–Crippen MR) is 64.6 cm³/mol. The quantitative estimate of drug-likeness (QED) is 0.894. The molecule has 1 aromatic heterocycles. The van der Waals surface area contributed by atoms with Crippen molar-refractivity contribution < 1.29 is 13.9 Å². The standard InChI is InChI=1S/C12H13N3O3/c1-3-17-10-7-5-4-6-9(10)13-11(16)12-15-14-8(2)18-12/h4-7H,3H2,1-2H3,(H,13,16). The van der Waals surface area contributed by atoms with Gasteiger partial charge in [0.1, 0.15) is 5.75 Å². The van der Waals surface area contributed by atoms with Crippen LogP contribution in [0, 0.1) is 6.92 Å². The van der Waals surface area contributed by atoms with Gasteiger partial charge in [0.2, 0.25) is 5.89 Å². The third-order valence-electron chi connectivity index (χ3n) is 2.16. The summed E-state index contributed by atoms with van der Waals surface area (Å²) in [7, 11) is 0. The third-order valence-corrected chi connectivity index (χ3v) is 2.16. The van der Waals surface area contributed by atoms with Crippen LogP contribution >= 0.6 is 0 Å². The van der Waals surface area contributed by atoms with E-state index in [0.717, 1.165) is 0 Å². The number of hydrogen-bond acceptors (Lipinski definition) is 5. The fourth-order valence-corrected chi connectivity index (χ4v) is 1.42. The van der Waals surface area contributed by atoms with E-state index in [0.29, 0.717) is 23.9 Å². The summed E-state index contributed by atoms with van der Waals surface area (Å²) in [6.07, 6.45) is 0. The molecule has 0 spiro atoms. The van der Waals surface area contributed by atoms with Crippen molar-refractivity contribution in [2.75, 3.05) is 11.9 Å². The van der Waals surface area contributed by atoms with Gasteiger partial charge in [0.05, 0.1) is 12.3 Å². The van der Waals surface area contributed by atoms with E-state index in [1.54, 1.807) is 25.1 Å². The number of nitrogens with one attached hydrogen (secondary N) is 1. The summed E-state index contributed by atoms with van der Waals surface area (Å²) in [6, 6.07) is 7.15. The highest BCUT2D eigenvalue weighted by Gasteiger charge is 2.15. The molecule has 6 heteroatoms. The van der Waals surface area contributed by atoms with Crippen molar-refractivity contribution in [3.63, 3.8) is 0 Å². The van der Waals surface area contributed by atoms with Crippen molar-refractivity contribution >= 4 is 11.6 Å². The number of aromatic nitrogens is 2. The maximum absolute atomic E-state index is 11.8. The van der Waals surface area contributed by atoms with Gasteiger partial charge in [0.15, 0.2) is 0 Å². The minimum Gasteiger partial charge on any atom is -0.492 e. The molecule has 0 fully saturated rings. The van der Waals surface area contributed by atoms with Crippen LogP contribution in [-0.2, 0) is 0 Å². The number of amides is 1. The van der Waals surface area contributed by atoms with E-state index in [-0.39, 0.29) is 5.89 Å². The highest BCUT2D eigenvalue weighted by atomic mass is 16.5.